The van der Waals surface area contributed by atoms with E-state index in [2.05, 4.69) is 22.9 Å². The fourth-order valence-electron chi connectivity index (χ4n) is 2.15. The number of nitrogens with one attached hydrogen (secondary N) is 1. The van der Waals surface area contributed by atoms with Crippen LogP contribution in [0.4, 0.5) is 0 Å². The molecule has 104 valence electrons. The highest BCUT2D eigenvalue weighted by atomic mass is 32.2. The number of hydrazine groups is 1. The average Bonchev–Trinajstić information content (AvgIpc) is 2.77. The third kappa shape index (κ3) is 3.76. The maximum atomic E-state index is 11.2. The van der Waals surface area contributed by atoms with E-state index in [1.807, 2.05) is 12.1 Å². The molecule has 0 radical (unpaired) electrons. The molecular weight excluding hydrogens is 280 g/mol. The molecule has 3 N–H and O–H groups in total. The van der Waals surface area contributed by atoms with E-state index in [-0.39, 0.29) is 11.8 Å². The summed E-state index contributed by atoms with van der Waals surface area (Å²) < 4.78 is 23.5. The van der Waals surface area contributed by atoms with Crippen LogP contribution in [0.5, 0.6) is 0 Å². The Morgan fingerprint density at radius 3 is 2.79 bits per heavy atom. The van der Waals surface area contributed by atoms with Gasteiger partial charge in [-0.15, -0.1) is 11.3 Å². The maximum absolute atomic E-state index is 11.2. The van der Waals surface area contributed by atoms with Gasteiger partial charge in [0.1, 0.15) is 9.84 Å². The Hall–Kier alpha value is -0.950. The zero-order valence-corrected chi connectivity index (χ0v) is 12.4. The van der Waals surface area contributed by atoms with Crippen molar-refractivity contribution in [3.8, 4) is 0 Å². The molecule has 2 rings (SSSR count). The summed E-state index contributed by atoms with van der Waals surface area (Å²) >= 11 is 1.68. The first-order chi connectivity index (χ1) is 9.01. The zero-order chi connectivity index (χ0) is 13.9. The smallest absolute Gasteiger partial charge is 0.147 e. The highest BCUT2D eigenvalue weighted by Crippen LogP contribution is 2.31. The molecule has 2 aromatic rings. The van der Waals surface area contributed by atoms with Crippen LogP contribution in [0.25, 0.3) is 10.1 Å². The lowest BCUT2D eigenvalue weighted by atomic mass is 10.0. The molecule has 0 saturated heterocycles. The van der Waals surface area contributed by atoms with E-state index < -0.39 is 9.84 Å². The SMILES string of the molecule is CS(=O)(=O)CCCC(NN)c1csc2ccccc12. The topological polar surface area (TPSA) is 72.2 Å². The van der Waals surface area contributed by atoms with Gasteiger partial charge in [-0.3, -0.25) is 11.3 Å². The fraction of sp³-hybridized carbons (Fsp3) is 0.385. The van der Waals surface area contributed by atoms with Crippen LogP contribution in [0.1, 0.15) is 24.4 Å². The summed E-state index contributed by atoms with van der Waals surface area (Å²) in [6.45, 7) is 0. The second-order valence-corrected chi connectivity index (χ2v) is 7.85. The average molecular weight is 298 g/mol. The highest BCUT2D eigenvalue weighted by molar-refractivity contribution is 7.90. The van der Waals surface area contributed by atoms with Crippen LogP contribution in [-0.2, 0) is 9.84 Å². The van der Waals surface area contributed by atoms with E-state index in [4.69, 9.17) is 5.84 Å². The molecule has 0 amide bonds. The standard InChI is InChI=1S/C13H18N2O2S2/c1-19(16,17)8-4-6-12(15-14)11-9-18-13-7-3-2-5-10(11)13/h2-3,5,7,9,12,15H,4,6,8,14H2,1H3. The van der Waals surface area contributed by atoms with Gasteiger partial charge in [-0.05, 0) is 35.2 Å². The summed E-state index contributed by atoms with van der Waals surface area (Å²) in [7, 11) is -2.91. The summed E-state index contributed by atoms with van der Waals surface area (Å²) in [5, 5.41) is 3.28. The van der Waals surface area contributed by atoms with Gasteiger partial charge in [0, 0.05) is 22.8 Å². The molecule has 1 heterocycles. The summed E-state index contributed by atoms with van der Waals surface area (Å²) in [5.74, 6) is 5.81. The van der Waals surface area contributed by atoms with Crippen molar-refractivity contribution in [3.05, 3.63) is 35.2 Å². The minimum Gasteiger partial charge on any atom is -0.271 e. The lowest BCUT2D eigenvalue weighted by Gasteiger charge is -2.15. The molecule has 1 unspecified atom stereocenters. The molecular formula is C13H18N2O2S2. The summed E-state index contributed by atoms with van der Waals surface area (Å²) in [6.07, 6.45) is 2.58. The number of benzene rings is 1. The molecule has 0 fully saturated rings. The summed E-state index contributed by atoms with van der Waals surface area (Å²) in [5.41, 5.74) is 3.94. The molecule has 0 aliphatic carbocycles. The van der Waals surface area contributed by atoms with Gasteiger partial charge in [-0.2, -0.15) is 0 Å². The first-order valence-electron chi connectivity index (χ1n) is 6.11. The molecule has 19 heavy (non-hydrogen) atoms. The second-order valence-electron chi connectivity index (χ2n) is 4.68. The minimum absolute atomic E-state index is 0.00194. The normalized spacial score (nSPS) is 13.8. The van der Waals surface area contributed by atoms with Crippen molar-refractivity contribution >= 4 is 31.3 Å². The Morgan fingerprint density at radius 1 is 1.37 bits per heavy atom. The van der Waals surface area contributed by atoms with Crippen molar-refractivity contribution in [1.82, 2.24) is 5.43 Å². The fourth-order valence-corrected chi connectivity index (χ4v) is 3.85. The third-order valence-corrected chi connectivity index (χ3v) is 5.11. The Bertz CT molecular complexity index is 649. The van der Waals surface area contributed by atoms with Crippen LogP contribution in [0.3, 0.4) is 0 Å². The van der Waals surface area contributed by atoms with Crippen molar-refractivity contribution in [2.45, 2.75) is 18.9 Å². The number of hydrogen-bond donors (Lipinski definition) is 2. The lowest BCUT2D eigenvalue weighted by molar-refractivity contribution is 0.511. The number of sulfone groups is 1. The first kappa shape index (κ1) is 14.5. The van der Waals surface area contributed by atoms with E-state index >= 15 is 0 Å². The van der Waals surface area contributed by atoms with Gasteiger partial charge in [0.05, 0.1) is 0 Å². The quantitative estimate of drug-likeness (QED) is 0.633. The van der Waals surface area contributed by atoms with Crippen LogP contribution in [-0.4, -0.2) is 20.4 Å². The summed E-state index contributed by atoms with van der Waals surface area (Å²) in [6, 6.07) is 8.16. The van der Waals surface area contributed by atoms with E-state index in [1.54, 1.807) is 11.3 Å². The number of hydrogen-bond acceptors (Lipinski definition) is 5. The van der Waals surface area contributed by atoms with E-state index in [1.165, 1.54) is 16.3 Å². The highest BCUT2D eigenvalue weighted by Gasteiger charge is 2.15. The molecule has 0 spiro atoms. The van der Waals surface area contributed by atoms with Gasteiger partial charge >= 0.3 is 0 Å². The van der Waals surface area contributed by atoms with E-state index in [0.29, 0.717) is 12.8 Å². The second kappa shape index (κ2) is 6.00. The van der Waals surface area contributed by atoms with Crippen molar-refractivity contribution < 1.29 is 8.42 Å². The van der Waals surface area contributed by atoms with Gasteiger partial charge in [-0.25, -0.2) is 8.42 Å². The molecule has 1 aromatic heterocycles. The Morgan fingerprint density at radius 2 is 2.11 bits per heavy atom. The van der Waals surface area contributed by atoms with Crippen molar-refractivity contribution in [1.29, 1.82) is 0 Å². The van der Waals surface area contributed by atoms with E-state index in [9.17, 15) is 8.42 Å². The maximum Gasteiger partial charge on any atom is 0.147 e. The summed E-state index contributed by atoms with van der Waals surface area (Å²) in [4.78, 5) is 0. The monoisotopic (exact) mass is 298 g/mol. The number of nitrogens with two attached hydrogens (primary N) is 1. The molecule has 4 nitrogen and oxygen atoms in total. The zero-order valence-electron chi connectivity index (χ0n) is 10.8. The predicted molar refractivity (Wildman–Crippen MR) is 80.8 cm³/mol. The molecule has 0 saturated carbocycles. The number of rotatable bonds is 6. The Kier molecular flexibility index (Phi) is 4.57. The van der Waals surface area contributed by atoms with Gasteiger partial charge in [0.15, 0.2) is 0 Å². The Balaban J connectivity index is 2.13. The largest absolute Gasteiger partial charge is 0.271 e. The molecule has 1 aromatic carbocycles. The number of thiophene rings is 1. The van der Waals surface area contributed by atoms with E-state index in [0.717, 1.165) is 5.56 Å². The van der Waals surface area contributed by atoms with Crippen LogP contribution in [0.2, 0.25) is 0 Å². The third-order valence-electron chi connectivity index (χ3n) is 3.10. The van der Waals surface area contributed by atoms with Crippen molar-refractivity contribution in [3.63, 3.8) is 0 Å². The molecule has 6 heteroatoms. The van der Waals surface area contributed by atoms with Crippen molar-refractivity contribution in [2.75, 3.05) is 12.0 Å². The van der Waals surface area contributed by atoms with Crippen LogP contribution in [0.15, 0.2) is 29.6 Å². The van der Waals surface area contributed by atoms with Gasteiger partial charge in [0.25, 0.3) is 0 Å². The van der Waals surface area contributed by atoms with Gasteiger partial charge < -0.3 is 0 Å². The van der Waals surface area contributed by atoms with Crippen LogP contribution >= 0.6 is 11.3 Å². The van der Waals surface area contributed by atoms with Crippen molar-refractivity contribution in [2.24, 2.45) is 5.84 Å². The number of fused-ring (bicyclic) bond motifs is 1. The first-order valence-corrected chi connectivity index (χ1v) is 9.05. The molecule has 0 aliphatic rings. The van der Waals surface area contributed by atoms with Crippen LogP contribution in [0, 0.1) is 0 Å². The van der Waals surface area contributed by atoms with Gasteiger partial charge in [-0.1, -0.05) is 18.2 Å². The van der Waals surface area contributed by atoms with Crippen LogP contribution < -0.4 is 11.3 Å². The molecule has 0 aliphatic heterocycles. The van der Waals surface area contributed by atoms with Gasteiger partial charge in [0.2, 0.25) is 0 Å². The Labute approximate surface area is 117 Å². The lowest BCUT2D eigenvalue weighted by Crippen LogP contribution is -2.28. The predicted octanol–water partition coefficient (Wildman–Crippen LogP) is 2.23. The molecule has 0 bridgehead atoms. The minimum atomic E-state index is -2.91. The molecule has 1 atom stereocenters.